The molecule has 1 saturated heterocycles. The molecule has 39 heavy (non-hydrogen) atoms. The number of benzene rings is 2. The van der Waals surface area contributed by atoms with Gasteiger partial charge in [0.2, 0.25) is 11.8 Å². The number of aromatic nitrogens is 1. The maximum atomic E-state index is 13.8. The zero-order valence-electron chi connectivity index (χ0n) is 21.1. The number of ether oxygens (including phenoxy) is 2. The first-order valence-electron chi connectivity index (χ1n) is 13.2. The summed E-state index contributed by atoms with van der Waals surface area (Å²) in [5.74, 6) is -0.527. The van der Waals surface area contributed by atoms with E-state index in [2.05, 4.69) is 4.98 Å². The summed E-state index contributed by atoms with van der Waals surface area (Å²) in [7, 11) is 0. The zero-order valence-corrected chi connectivity index (χ0v) is 22.7. The van der Waals surface area contributed by atoms with Crippen LogP contribution in [0.5, 0.6) is 5.75 Å². The van der Waals surface area contributed by atoms with Crippen LogP contribution in [0.2, 0.25) is 0 Å². The Morgan fingerprint density at radius 3 is 2.44 bits per heavy atom. The molecule has 0 spiro atoms. The lowest BCUT2D eigenvalue weighted by Gasteiger charge is -2.43. The van der Waals surface area contributed by atoms with Crippen molar-refractivity contribution in [3.05, 3.63) is 74.7 Å². The molecule has 2 bridgehead atoms. The number of H-pyrrole nitrogens is 1. The van der Waals surface area contributed by atoms with E-state index < -0.39 is 5.97 Å². The lowest BCUT2D eigenvalue weighted by Crippen LogP contribution is -2.42. The summed E-state index contributed by atoms with van der Waals surface area (Å²) in [6, 6.07) is 16.8. The van der Waals surface area contributed by atoms with Gasteiger partial charge in [0, 0.05) is 16.0 Å². The summed E-state index contributed by atoms with van der Waals surface area (Å²) >= 11 is 2.91. The Morgan fingerprint density at radius 1 is 1.00 bits per heavy atom. The van der Waals surface area contributed by atoms with Crippen molar-refractivity contribution in [3.63, 3.8) is 0 Å². The van der Waals surface area contributed by atoms with Crippen LogP contribution in [-0.4, -0.2) is 41.2 Å². The maximum Gasteiger partial charge on any atom is 0.344 e. The number of nitrogens with one attached hydrogen (secondary N) is 1. The first-order valence-corrected chi connectivity index (χ1v) is 14.9. The fourth-order valence-electron chi connectivity index (χ4n) is 7.34. The number of carbonyl (C=O) groups is 3. The number of anilines is 1. The largest absolute Gasteiger partial charge is 0.482 e. The Hall–Kier alpha value is -3.37. The van der Waals surface area contributed by atoms with Gasteiger partial charge in [-0.1, -0.05) is 41.7 Å². The summed E-state index contributed by atoms with van der Waals surface area (Å²) in [5, 5.41) is 1.01. The molecule has 4 aliphatic rings. The van der Waals surface area contributed by atoms with Gasteiger partial charge in [0.05, 0.1) is 29.2 Å². The van der Waals surface area contributed by atoms with Crippen molar-refractivity contribution in [2.75, 3.05) is 18.1 Å². The molecule has 3 heterocycles. The predicted octanol–water partition coefficient (Wildman–Crippen LogP) is 4.06. The van der Waals surface area contributed by atoms with Crippen LogP contribution in [-0.2, 0) is 19.1 Å². The van der Waals surface area contributed by atoms with Crippen molar-refractivity contribution in [1.82, 2.24) is 4.98 Å². The van der Waals surface area contributed by atoms with Crippen LogP contribution in [0.25, 0.3) is 0 Å². The number of para-hydroxylation sites is 1. The molecule has 2 aliphatic heterocycles. The van der Waals surface area contributed by atoms with Crippen molar-refractivity contribution < 1.29 is 23.9 Å². The minimum Gasteiger partial charge on any atom is -0.482 e. The van der Waals surface area contributed by atoms with E-state index >= 15 is 0 Å². The highest BCUT2D eigenvalue weighted by molar-refractivity contribution is 8.00. The number of thiazole rings is 1. The Kier molecular flexibility index (Phi) is 5.93. The number of nitrogens with zero attached hydrogens (tertiary/aromatic N) is 1. The van der Waals surface area contributed by atoms with Crippen LogP contribution in [0, 0.1) is 29.6 Å². The van der Waals surface area contributed by atoms with E-state index in [1.54, 1.807) is 18.7 Å². The van der Waals surface area contributed by atoms with E-state index in [0.717, 1.165) is 21.9 Å². The molecule has 7 atom stereocenters. The standard InChI is InChI=1S/C29H26N2O6S2/c1-2-36-19(32)13-37-16-10-8-14(9-11-16)20-21-17-12-18(24(21)38-26-25(20)39-29(35)30-26)23-22(17)27(33)31(28(23)34)15-6-4-3-5-7-15/h3-11,17-18,20-24H,2,12-13H2,1H3,(H,30,35)/t17-,18-,20+,21-,22+,23+,24-/m1/s1. The minimum atomic E-state index is -0.424. The van der Waals surface area contributed by atoms with Crippen LogP contribution in [0.3, 0.4) is 0 Å². The van der Waals surface area contributed by atoms with Gasteiger partial charge in [0.1, 0.15) is 5.75 Å². The molecule has 10 heteroatoms. The van der Waals surface area contributed by atoms with Crippen molar-refractivity contribution in [1.29, 1.82) is 0 Å². The summed E-state index contributed by atoms with van der Waals surface area (Å²) < 4.78 is 10.5. The molecule has 7 rings (SSSR count). The van der Waals surface area contributed by atoms with Crippen LogP contribution in [0.4, 0.5) is 5.69 Å². The van der Waals surface area contributed by atoms with Gasteiger partial charge in [-0.05, 0) is 60.9 Å². The monoisotopic (exact) mass is 562 g/mol. The number of fused-ring (bicyclic) bond motifs is 9. The minimum absolute atomic E-state index is 0.0535. The van der Waals surface area contributed by atoms with E-state index in [9.17, 15) is 19.2 Å². The summed E-state index contributed by atoms with van der Waals surface area (Å²) in [4.78, 5) is 56.9. The lowest BCUT2D eigenvalue weighted by molar-refractivity contribution is -0.145. The van der Waals surface area contributed by atoms with E-state index in [-0.39, 0.29) is 64.1 Å². The average molecular weight is 563 g/mol. The Balaban J connectivity index is 1.22. The third-order valence-corrected chi connectivity index (χ3v) is 11.2. The number of hydrogen-bond acceptors (Lipinski definition) is 8. The molecule has 0 radical (unpaired) electrons. The molecular formula is C29H26N2O6S2. The molecule has 3 aromatic rings. The van der Waals surface area contributed by atoms with Gasteiger partial charge < -0.3 is 14.5 Å². The van der Waals surface area contributed by atoms with E-state index in [4.69, 9.17) is 9.47 Å². The molecule has 1 N–H and O–H groups in total. The predicted molar refractivity (Wildman–Crippen MR) is 146 cm³/mol. The van der Waals surface area contributed by atoms with E-state index in [1.807, 2.05) is 54.6 Å². The number of thioether (sulfide) groups is 1. The smallest absolute Gasteiger partial charge is 0.344 e. The molecule has 8 nitrogen and oxygen atoms in total. The van der Waals surface area contributed by atoms with Crippen molar-refractivity contribution in [3.8, 4) is 5.75 Å². The molecule has 2 amide bonds. The van der Waals surface area contributed by atoms with Gasteiger partial charge >= 0.3 is 10.8 Å². The molecule has 2 saturated carbocycles. The van der Waals surface area contributed by atoms with Crippen LogP contribution >= 0.6 is 23.1 Å². The fourth-order valence-corrected chi connectivity index (χ4v) is 10.2. The quantitative estimate of drug-likeness (QED) is 0.357. The maximum absolute atomic E-state index is 13.8. The molecule has 1 aromatic heterocycles. The molecular weight excluding hydrogens is 536 g/mol. The Labute approximate surface area is 232 Å². The van der Waals surface area contributed by atoms with Crippen molar-refractivity contribution in [2.45, 2.75) is 29.5 Å². The lowest BCUT2D eigenvalue weighted by atomic mass is 9.68. The zero-order chi connectivity index (χ0) is 26.8. The second-order valence-corrected chi connectivity index (χ2v) is 12.7. The van der Waals surface area contributed by atoms with Crippen LogP contribution in [0.1, 0.15) is 29.7 Å². The number of esters is 1. The topological polar surface area (TPSA) is 106 Å². The van der Waals surface area contributed by atoms with Gasteiger partial charge in [0.25, 0.3) is 0 Å². The number of imide groups is 1. The average Bonchev–Trinajstić information content (AvgIpc) is 3.67. The second kappa shape index (κ2) is 9.38. The number of hydrogen-bond donors (Lipinski definition) is 1. The highest BCUT2D eigenvalue weighted by atomic mass is 32.2. The van der Waals surface area contributed by atoms with Gasteiger partial charge in [-0.2, -0.15) is 0 Å². The third kappa shape index (κ3) is 3.79. The van der Waals surface area contributed by atoms with Crippen LogP contribution < -0.4 is 14.5 Å². The molecule has 0 unspecified atom stereocenters. The normalized spacial score (nSPS) is 30.2. The van der Waals surface area contributed by atoms with Gasteiger partial charge in [0.15, 0.2) is 6.61 Å². The number of amides is 2. The first-order chi connectivity index (χ1) is 19.0. The second-order valence-electron chi connectivity index (χ2n) is 10.5. The SMILES string of the molecule is CCOC(=O)COc1ccc([C@@H]2c3sc(=O)[nH]c3S[C@@H]3[C@@H]4C[C@@H]([C@@H]5C(=O)N(c6ccccc6)C(=O)[C@@H]45)[C@H]23)cc1. The van der Waals surface area contributed by atoms with Gasteiger partial charge in [-0.3, -0.25) is 19.3 Å². The number of carbonyl (C=O) groups excluding carboxylic acids is 3. The van der Waals surface area contributed by atoms with Crippen molar-refractivity contribution >= 4 is 46.6 Å². The number of aromatic amines is 1. The molecule has 2 aromatic carbocycles. The highest BCUT2D eigenvalue weighted by Gasteiger charge is 2.69. The summed E-state index contributed by atoms with van der Waals surface area (Å²) in [6.07, 6.45) is 0.841. The van der Waals surface area contributed by atoms with Crippen molar-refractivity contribution in [2.24, 2.45) is 29.6 Å². The first kappa shape index (κ1) is 24.7. The number of rotatable bonds is 6. The fraction of sp³-hybridized carbons (Fsp3) is 0.379. The highest BCUT2D eigenvalue weighted by Crippen LogP contribution is 2.68. The Bertz CT molecular complexity index is 1520. The van der Waals surface area contributed by atoms with Gasteiger partial charge in [-0.25, -0.2) is 4.79 Å². The van der Waals surface area contributed by atoms with E-state index in [1.165, 1.54) is 16.2 Å². The Morgan fingerprint density at radius 2 is 1.72 bits per heavy atom. The third-order valence-electron chi connectivity index (χ3n) is 8.64. The van der Waals surface area contributed by atoms with Gasteiger partial charge in [-0.15, -0.1) is 11.8 Å². The van der Waals surface area contributed by atoms with Crippen LogP contribution in [0.15, 0.2) is 64.4 Å². The van der Waals surface area contributed by atoms with E-state index in [0.29, 0.717) is 18.0 Å². The summed E-state index contributed by atoms with van der Waals surface area (Å²) in [6.45, 7) is 1.88. The molecule has 200 valence electrons. The molecule has 3 fully saturated rings. The molecule has 2 aliphatic carbocycles. The summed E-state index contributed by atoms with van der Waals surface area (Å²) in [5.41, 5.74) is 1.67.